The molecule has 2 aliphatic rings. The number of rotatable bonds is 1. The molecule has 3 heteroatoms. The van der Waals surface area contributed by atoms with Crippen molar-refractivity contribution in [2.75, 3.05) is 0 Å². The van der Waals surface area contributed by atoms with Crippen molar-refractivity contribution < 1.29 is 5.11 Å². The Morgan fingerprint density at radius 1 is 1.16 bits per heavy atom. The van der Waals surface area contributed by atoms with Crippen LogP contribution in [0, 0.1) is 5.92 Å². The zero-order valence-electron chi connectivity index (χ0n) is 10.9. The number of hydrogen-bond donors (Lipinski definition) is 1. The SMILES string of the molecule is O[C@@H]1CCCC[C@H]1C1c2ccccc2-c2cncn21. The van der Waals surface area contributed by atoms with E-state index in [1.165, 1.54) is 23.2 Å². The lowest BCUT2D eigenvalue weighted by molar-refractivity contribution is 0.0504. The number of benzene rings is 1. The first kappa shape index (κ1) is 11.2. The molecule has 4 rings (SSSR count). The first-order chi connectivity index (χ1) is 9.36. The standard InChI is InChI=1S/C16H18N2O/c19-15-8-4-3-7-13(15)16-12-6-2-1-5-11(12)14-9-17-10-18(14)16/h1-2,5-6,9-10,13,15-16,19H,3-4,7-8H2/t13-,15-,16?/m1/s1. The van der Waals surface area contributed by atoms with Crippen molar-refractivity contribution in [3.05, 3.63) is 42.4 Å². The summed E-state index contributed by atoms with van der Waals surface area (Å²) in [4.78, 5) is 4.29. The highest BCUT2D eigenvalue weighted by atomic mass is 16.3. The van der Waals surface area contributed by atoms with E-state index < -0.39 is 0 Å². The Kier molecular flexibility index (Phi) is 2.49. The van der Waals surface area contributed by atoms with E-state index >= 15 is 0 Å². The molecule has 0 saturated heterocycles. The van der Waals surface area contributed by atoms with Crippen LogP contribution in [0.15, 0.2) is 36.8 Å². The average molecular weight is 254 g/mol. The smallest absolute Gasteiger partial charge is 0.0956 e. The summed E-state index contributed by atoms with van der Waals surface area (Å²) in [6.07, 6.45) is 8.11. The van der Waals surface area contributed by atoms with Crippen molar-refractivity contribution in [1.29, 1.82) is 0 Å². The van der Waals surface area contributed by atoms with Gasteiger partial charge in [0, 0.05) is 11.5 Å². The maximum Gasteiger partial charge on any atom is 0.0956 e. The van der Waals surface area contributed by atoms with Crippen molar-refractivity contribution in [3.63, 3.8) is 0 Å². The van der Waals surface area contributed by atoms with E-state index in [-0.39, 0.29) is 12.1 Å². The highest BCUT2D eigenvalue weighted by Crippen LogP contribution is 2.46. The summed E-state index contributed by atoms with van der Waals surface area (Å²) in [5.74, 6) is 0.324. The van der Waals surface area contributed by atoms with Gasteiger partial charge in [-0.1, -0.05) is 37.1 Å². The molecule has 2 heterocycles. The predicted molar refractivity (Wildman–Crippen MR) is 73.8 cm³/mol. The lowest BCUT2D eigenvalue weighted by Gasteiger charge is -2.33. The quantitative estimate of drug-likeness (QED) is 0.849. The molecule has 1 aromatic heterocycles. The summed E-state index contributed by atoms with van der Waals surface area (Å²) < 4.78 is 2.25. The van der Waals surface area contributed by atoms with Gasteiger partial charge in [-0.25, -0.2) is 4.98 Å². The molecular formula is C16H18N2O. The lowest BCUT2D eigenvalue weighted by Crippen LogP contribution is -2.31. The number of hydrogen-bond acceptors (Lipinski definition) is 2. The second-order valence-corrected chi connectivity index (χ2v) is 5.73. The molecule has 1 N–H and O–H groups in total. The molecule has 3 atom stereocenters. The van der Waals surface area contributed by atoms with E-state index in [1.54, 1.807) is 0 Å². The van der Waals surface area contributed by atoms with Crippen LogP contribution in [0.1, 0.15) is 37.3 Å². The van der Waals surface area contributed by atoms with Gasteiger partial charge in [-0.3, -0.25) is 0 Å². The molecule has 3 nitrogen and oxygen atoms in total. The maximum absolute atomic E-state index is 10.4. The Balaban J connectivity index is 1.84. The number of nitrogens with zero attached hydrogens (tertiary/aromatic N) is 2. The van der Waals surface area contributed by atoms with E-state index in [9.17, 15) is 5.11 Å². The third kappa shape index (κ3) is 1.58. The van der Waals surface area contributed by atoms with Gasteiger partial charge >= 0.3 is 0 Å². The predicted octanol–water partition coefficient (Wildman–Crippen LogP) is 3.00. The molecule has 1 fully saturated rings. The van der Waals surface area contributed by atoms with Gasteiger partial charge in [0.05, 0.1) is 30.4 Å². The van der Waals surface area contributed by atoms with Crippen LogP contribution in [-0.4, -0.2) is 20.8 Å². The van der Waals surface area contributed by atoms with Crippen LogP contribution in [-0.2, 0) is 0 Å². The molecule has 1 aromatic carbocycles. The molecule has 0 bridgehead atoms. The zero-order valence-corrected chi connectivity index (χ0v) is 10.9. The van der Waals surface area contributed by atoms with Gasteiger partial charge < -0.3 is 9.67 Å². The third-order valence-corrected chi connectivity index (χ3v) is 4.71. The number of aliphatic hydroxyl groups is 1. The van der Waals surface area contributed by atoms with Crippen LogP contribution < -0.4 is 0 Å². The molecule has 0 radical (unpaired) electrons. The Labute approximate surface area is 112 Å². The van der Waals surface area contributed by atoms with Gasteiger partial charge in [0.2, 0.25) is 0 Å². The van der Waals surface area contributed by atoms with E-state index in [2.05, 4.69) is 33.8 Å². The fraction of sp³-hybridized carbons (Fsp3) is 0.438. The summed E-state index contributed by atoms with van der Waals surface area (Å²) in [6, 6.07) is 8.81. The Bertz CT molecular complexity index is 604. The van der Waals surface area contributed by atoms with E-state index in [4.69, 9.17) is 0 Å². The van der Waals surface area contributed by atoms with Crippen LogP contribution in [0.5, 0.6) is 0 Å². The molecule has 1 aliphatic heterocycles. The molecular weight excluding hydrogens is 236 g/mol. The van der Waals surface area contributed by atoms with Crippen LogP contribution in [0.25, 0.3) is 11.3 Å². The zero-order chi connectivity index (χ0) is 12.8. The lowest BCUT2D eigenvalue weighted by atomic mass is 9.79. The molecule has 1 saturated carbocycles. The fourth-order valence-corrected chi connectivity index (χ4v) is 3.82. The van der Waals surface area contributed by atoms with E-state index in [0.29, 0.717) is 5.92 Å². The summed E-state index contributed by atoms with van der Waals surface area (Å²) >= 11 is 0. The Morgan fingerprint density at radius 3 is 2.89 bits per heavy atom. The maximum atomic E-state index is 10.4. The van der Waals surface area contributed by atoms with Gasteiger partial charge in [-0.15, -0.1) is 0 Å². The highest BCUT2D eigenvalue weighted by molar-refractivity contribution is 5.69. The minimum atomic E-state index is -0.180. The molecule has 19 heavy (non-hydrogen) atoms. The Hall–Kier alpha value is -1.61. The number of aliphatic hydroxyl groups excluding tert-OH is 1. The van der Waals surface area contributed by atoms with Crippen molar-refractivity contribution in [2.45, 2.75) is 37.8 Å². The number of fused-ring (bicyclic) bond motifs is 3. The molecule has 0 spiro atoms. The number of imidazole rings is 1. The fourth-order valence-electron chi connectivity index (χ4n) is 3.82. The van der Waals surface area contributed by atoms with Gasteiger partial charge in [0.25, 0.3) is 0 Å². The van der Waals surface area contributed by atoms with Gasteiger partial charge in [0.1, 0.15) is 0 Å². The monoisotopic (exact) mass is 254 g/mol. The second-order valence-electron chi connectivity index (χ2n) is 5.73. The second kappa shape index (κ2) is 4.20. The van der Waals surface area contributed by atoms with Gasteiger partial charge in [-0.2, -0.15) is 0 Å². The molecule has 1 unspecified atom stereocenters. The van der Waals surface area contributed by atoms with Crippen LogP contribution in [0.3, 0.4) is 0 Å². The van der Waals surface area contributed by atoms with Crippen LogP contribution in [0.2, 0.25) is 0 Å². The van der Waals surface area contributed by atoms with Crippen molar-refractivity contribution in [2.24, 2.45) is 5.92 Å². The highest BCUT2D eigenvalue weighted by Gasteiger charge is 2.38. The minimum Gasteiger partial charge on any atom is -0.393 e. The largest absolute Gasteiger partial charge is 0.393 e. The Morgan fingerprint density at radius 2 is 2.00 bits per heavy atom. The molecule has 0 amide bonds. The third-order valence-electron chi connectivity index (χ3n) is 4.71. The molecule has 98 valence electrons. The molecule has 1 aliphatic carbocycles. The van der Waals surface area contributed by atoms with Gasteiger partial charge in [0.15, 0.2) is 0 Å². The van der Waals surface area contributed by atoms with E-state index in [0.717, 1.165) is 19.3 Å². The minimum absolute atomic E-state index is 0.180. The van der Waals surface area contributed by atoms with Gasteiger partial charge in [-0.05, 0) is 18.4 Å². The summed E-state index contributed by atoms with van der Waals surface area (Å²) in [5, 5.41) is 10.4. The summed E-state index contributed by atoms with van der Waals surface area (Å²) in [5.41, 5.74) is 3.83. The van der Waals surface area contributed by atoms with Crippen molar-refractivity contribution in [3.8, 4) is 11.3 Å². The van der Waals surface area contributed by atoms with Crippen LogP contribution in [0.4, 0.5) is 0 Å². The van der Waals surface area contributed by atoms with E-state index in [1.807, 2.05) is 12.5 Å². The normalized spacial score (nSPS) is 29.0. The van der Waals surface area contributed by atoms with Crippen molar-refractivity contribution in [1.82, 2.24) is 9.55 Å². The summed E-state index contributed by atoms with van der Waals surface area (Å²) in [7, 11) is 0. The number of aromatic nitrogens is 2. The van der Waals surface area contributed by atoms with Crippen LogP contribution >= 0.6 is 0 Å². The average Bonchev–Trinajstić information content (AvgIpc) is 3.00. The summed E-state index contributed by atoms with van der Waals surface area (Å²) in [6.45, 7) is 0. The first-order valence-corrected chi connectivity index (χ1v) is 7.15. The topological polar surface area (TPSA) is 38.1 Å². The molecule has 2 aromatic rings. The first-order valence-electron chi connectivity index (χ1n) is 7.15. The van der Waals surface area contributed by atoms with Crippen molar-refractivity contribution >= 4 is 0 Å².